The van der Waals surface area contributed by atoms with Crippen molar-refractivity contribution in [3.05, 3.63) is 50.7 Å². The van der Waals surface area contributed by atoms with E-state index in [0.29, 0.717) is 30.8 Å². The van der Waals surface area contributed by atoms with Crippen LogP contribution in [0, 0.1) is 5.82 Å². The molecular formula is C18H17ClF3N3O2S-2. The maximum Gasteiger partial charge on any atom is 0.281 e. The fourth-order valence-electron chi connectivity index (χ4n) is 3.18. The molecule has 1 aliphatic rings. The number of alkyl halides is 2. The molecule has 1 aromatic heterocycles. The van der Waals surface area contributed by atoms with Gasteiger partial charge in [-0.3, -0.25) is 9.89 Å². The van der Waals surface area contributed by atoms with Crippen LogP contribution in [0.4, 0.5) is 13.2 Å². The van der Waals surface area contributed by atoms with E-state index in [9.17, 15) is 23.4 Å². The Morgan fingerprint density at radius 3 is 2.71 bits per heavy atom. The zero-order valence-electron chi connectivity index (χ0n) is 14.7. The highest BCUT2D eigenvalue weighted by Crippen LogP contribution is 2.34. The van der Waals surface area contributed by atoms with Gasteiger partial charge in [-0.05, 0) is 31.1 Å². The number of hydrogen-bond donors (Lipinski definition) is 0. The van der Waals surface area contributed by atoms with Gasteiger partial charge < -0.3 is 10.2 Å². The van der Waals surface area contributed by atoms with E-state index in [-0.39, 0.29) is 22.8 Å². The van der Waals surface area contributed by atoms with Gasteiger partial charge in [-0.2, -0.15) is 0 Å². The Labute approximate surface area is 169 Å². The predicted molar refractivity (Wildman–Crippen MR) is 97.2 cm³/mol. The molecule has 1 fully saturated rings. The molecular weight excluding hydrogens is 415 g/mol. The first-order valence-electron chi connectivity index (χ1n) is 8.65. The molecule has 1 saturated heterocycles. The molecule has 1 aromatic carbocycles. The van der Waals surface area contributed by atoms with E-state index in [1.165, 1.54) is 17.6 Å². The number of benzene rings is 1. The van der Waals surface area contributed by atoms with Gasteiger partial charge in [-0.15, -0.1) is 17.4 Å². The predicted octanol–water partition coefficient (Wildman–Crippen LogP) is 2.55. The molecule has 0 spiro atoms. The average molecular weight is 432 g/mol. The molecule has 2 heterocycles. The number of aromatic nitrogens is 1. The molecule has 0 radical (unpaired) electrons. The van der Waals surface area contributed by atoms with Crippen molar-refractivity contribution < 1.29 is 23.4 Å². The number of nitrogens with zero attached hydrogens (tertiary/aromatic N) is 3. The van der Waals surface area contributed by atoms with E-state index in [1.54, 1.807) is 0 Å². The average Bonchev–Trinajstić information content (AvgIpc) is 3.13. The lowest BCUT2D eigenvalue weighted by Gasteiger charge is -2.39. The summed E-state index contributed by atoms with van der Waals surface area (Å²) in [7, 11) is 0. The van der Waals surface area contributed by atoms with E-state index in [1.807, 2.05) is 4.90 Å². The van der Waals surface area contributed by atoms with Crippen LogP contribution in [-0.4, -0.2) is 41.5 Å². The SMILES string of the molecule is [O-]C(=NCC(c1scnc1C(F)F)N1CCC([O-])CC1)c1c(F)cccc1Cl. The summed E-state index contributed by atoms with van der Waals surface area (Å²) in [6.07, 6.45) is -2.69. The minimum atomic E-state index is -2.77. The van der Waals surface area contributed by atoms with Gasteiger partial charge in [0.2, 0.25) is 0 Å². The largest absolute Gasteiger partial charge is 0.858 e. The van der Waals surface area contributed by atoms with Gasteiger partial charge in [0.15, 0.2) is 0 Å². The highest BCUT2D eigenvalue weighted by Gasteiger charge is 2.29. The molecule has 5 nitrogen and oxygen atoms in total. The van der Waals surface area contributed by atoms with Crippen molar-refractivity contribution >= 4 is 28.8 Å². The number of piperidine rings is 1. The van der Waals surface area contributed by atoms with E-state index in [0.717, 1.165) is 17.4 Å². The Hall–Kier alpha value is -1.68. The zero-order valence-corrected chi connectivity index (χ0v) is 16.2. The van der Waals surface area contributed by atoms with Gasteiger partial charge >= 0.3 is 0 Å². The second-order valence-corrected chi connectivity index (χ2v) is 7.69. The molecule has 10 heteroatoms. The fraction of sp³-hybridized carbons (Fsp3) is 0.444. The van der Waals surface area contributed by atoms with E-state index in [2.05, 4.69) is 9.98 Å². The molecule has 0 amide bonds. The molecule has 3 rings (SSSR count). The van der Waals surface area contributed by atoms with Crippen molar-refractivity contribution in [2.45, 2.75) is 31.4 Å². The summed E-state index contributed by atoms with van der Waals surface area (Å²) in [5.74, 6) is -1.65. The normalized spacial score (nSPS) is 18.0. The van der Waals surface area contributed by atoms with Crippen LogP contribution in [0.15, 0.2) is 28.7 Å². The van der Waals surface area contributed by atoms with Crippen LogP contribution in [0.25, 0.3) is 0 Å². The van der Waals surface area contributed by atoms with Crippen molar-refractivity contribution in [3.63, 3.8) is 0 Å². The topological polar surface area (TPSA) is 74.6 Å². The first-order valence-corrected chi connectivity index (χ1v) is 9.91. The summed E-state index contributed by atoms with van der Waals surface area (Å²) >= 11 is 6.95. The third-order valence-electron chi connectivity index (χ3n) is 4.64. The van der Waals surface area contributed by atoms with Gasteiger partial charge in [-0.25, -0.2) is 18.2 Å². The maximum atomic E-state index is 13.9. The molecule has 0 bridgehead atoms. The Morgan fingerprint density at radius 2 is 2.07 bits per heavy atom. The summed E-state index contributed by atoms with van der Waals surface area (Å²) in [6, 6.07) is 3.21. The third kappa shape index (κ3) is 4.65. The minimum absolute atomic E-state index is 0.0662. The van der Waals surface area contributed by atoms with Crippen LogP contribution in [0.3, 0.4) is 0 Å². The van der Waals surface area contributed by atoms with Gasteiger partial charge in [-0.1, -0.05) is 30.5 Å². The Kier molecular flexibility index (Phi) is 6.92. The molecule has 1 aliphatic heterocycles. The van der Waals surface area contributed by atoms with Crippen molar-refractivity contribution in [1.29, 1.82) is 0 Å². The number of halogens is 4. The summed E-state index contributed by atoms with van der Waals surface area (Å²) in [4.78, 5) is 9.81. The molecule has 152 valence electrons. The monoisotopic (exact) mass is 431 g/mol. The van der Waals surface area contributed by atoms with Crippen molar-refractivity contribution in [2.24, 2.45) is 4.99 Å². The molecule has 2 aromatic rings. The second-order valence-electron chi connectivity index (χ2n) is 6.40. The highest BCUT2D eigenvalue weighted by molar-refractivity contribution is 7.09. The van der Waals surface area contributed by atoms with E-state index in [4.69, 9.17) is 11.6 Å². The van der Waals surface area contributed by atoms with Gasteiger partial charge in [0.05, 0.1) is 28.0 Å². The lowest BCUT2D eigenvalue weighted by atomic mass is 10.0. The Bertz CT molecular complexity index is 821. The minimum Gasteiger partial charge on any atom is -0.858 e. The lowest BCUT2D eigenvalue weighted by molar-refractivity contribution is -0.426. The standard InChI is InChI=1S/C18H18ClF3N3O2S/c19-11-2-1-3-12(20)14(11)18(27)23-8-13(25-6-4-10(26)5-7-25)16-15(17(21)22)24-9-28-16/h1-3,9-10,13,17H,4-8H2,(H,23,27)/q-1/p-1. The van der Waals surface area contributed by atoms with Gasteiger partial charge in [0.1, 0.15) is 11.5 Å². The highest BCUT2D eigenvalue weighted by atomic mass is 35.5. The van der Waals surface area contributed by atoms with Crippen LogP contribution >= 0.6 is 22.9 Å². The van der Waals surface area contributed by atoms with Crippen molar-refractivity contribution in [3.8, 4) is 0 Å². The second kappa shape index (κ2) is 9.21. The first-order chi connectivity index (χ1) is 13.4. The third-order valence-corrected chi connectivity index (χ3v) is 5.90. The number of aliphatic imine (C=N–C) groups is 1. The fourth-order valence-corrected chi connectivity index (χ4v) is 4.35. The molecule has 0 aliphatic carbocycles. The quantitative estimate of drug-likeness (QED) is 0.520. The lowest BCUT2D eigenvalue weighted by Crippen LogP contribution is -2.44. The molecule has 0 N–H and O–H groups in total. The zero-order chi connectivity index (χ0) is 20.3. The van der Waals surface area contributed by atoms with Gasteiger partial charge in [0.25, 0.3) is 6.43 Å². The first kappa shape index (κ1) is 21.0. The maximum absolute atomic E-state index is 13.9. The summed E-state index contributed by atoms with van der Waals surface area (Å²) in [6.45, 7) is 0.655. The van der Waals surface area contributed by atoms with Crippen molar-refractivity contribution in [1.82, 2.24) is 9.88 Å². The summed E-state index contributed by atoms with van der Waals surface area (Å²) < 4.78 is 40.6. The van der Waals surface area contributed by atoms with Crippen LogP contribution < -0.4 is 10.2 Å². The molecule has 1 unspecified atom stereocenters. The number of thiazole rings is 1. The van der Waals surface area contributed by atoms with E-state index >= 15 is 0 Å². The smallest absolute Gasteiger partial charge is 0.281 e. The van der Waals surface area contributed by atoms with Crippen LogP contribution in [0.2, 0.25) is 5.02 Å². The van der Waals surface area contributed by atoms with Gasteiger partial charge in [0, 0.05) is 5.56 Å². The molecule has 0 saturated carbocycles. The summed E-state index contributed by atoms with van der Waals surface area (Å²) in [5.41, 5.74) is 0.616. The van der Waals surface area contributed by atoms with E-state index < -0.39 is 30.3 Å². The summed E-state index contributed by atoms with van der Waals surface area (Å²) in [5, 5.41) is 23.9. The van der Waals surface area contributed by atoms with Crippen LogP contribution in [0.1, 0.15) is 41.4 Å². The van der Waals surface area contributed by atoms with Crippen LogP contribution in [0.5, 0.6) is 0 Å². The number of likely N-dealkylation sites (tertiary alicyclic amines) is 1. The Morgan fingerprint density at radius 1 is 1.36 bits per heavy atom. The van der Waals surface area contributed by atoms with Crippen LogP contribution in [-0.2, 0) is 0 Å². The molecule has 1 atom stereocenters. The molecule has 28 heavy (non-hydrogen) atoms. The number of hydrogen-bond acceptors (Lipinski definition) is 6. The number of rotatable bonds is 6. The van der Waals surface area contributed by atoms with Crippen molar-refractivity contribution in [2.75, 3.05) is 19.6 Å². The Balaban J connectivity index is 1.90.